The van der Waals surface area contributed by atoms with Crippen LogP contribution in [0.25, 0.3) is 0 Å². The Balaban J connectivity index is 2.85. The first-order chi connectivity index (χ1) is 6.85. The van der Waals surface area contributed by atoms with Crippen molar-refractivity contribution in [3.8, 4) is 0 Å². The van der Waals surface area contributed by atoms with Gasteiger partial charge in [-0.3, -0.25) is 4.79 Å². The van der Waals surface area contributed by atoms with Gasteiger partial charge in [0.25, 0.3) is 0 Å². The summed E-state index contributed by atoms with van der Waals surface area (Å²) in [5.41, 5.74) is 0.323. The lowest BCUT2D eigenvalue weighted by molar-refractivity contribution is -0.112. The predicted octanol–water partition coefficient (Wildman–Crippen LogP) is 3.84. The fraction of sp³-hybridized carbons (Fsp3) is 0.786. The summed E-state index contributed by atoms with van der Waals surface area (Å²) in [6, 6.07) is 0. The molecule has 0 aromatic carbocycles. The highest BCUT2D eigenvalue weighted by Crippen LogP contribution is 2.48. The number of rotatable bonds is 2. The second kappa shape index (κ2) is 4.51. The van der Waals surface area contributed by atoms with Crippen LogP contribution in [0.2, 0.25) is 0 Å². The van der Waals surface area contributed by atoms with Gasteiger partial charge in [-0.25, -0.2) is 0 Å². The van der Waals surface area contributed by atoms with E-state index in [0.717, 1.165) is 5.92 Å². The highest BCUT2D eigenvalue weighted by Gasteiger charge is 2.39. The van der Waals surface area contributed by atoms with Gasteiger partial charge < -0.3 is 0 Å². The zero-order valence-corrected chi connectivity index (χ0v) is 10.7. The van der Waals surface area contributed by atoms with Crippen molar-refractivity contribution in [2.45, 2.75) is 47.5 Å². The van der Waals surface area contributed by atoms with Crippen LogP contribution in [0.3, 0.4) is 0 Å². The van der Waals surface area contributed by atoms with E-state index >= 15 is 0 Å². The van der Waals surface area contributed by atoms with Gasteiger partial charge in [0.15, 0.2) is 5.78 Å². The molecule has 1 fully saturated rings. The molecule has 0 bridgehead atoms. The number of carbonyl (C=O) groups excluding carboxylic acids is 1. The third-order valence-corrected chi connectivity index (χ3v) is 4.34. The van der Waals surface area contributed by atoms with Crippen molar-refractivity contribution in [1.29, 1.82) is 0 Å². The lowest BCUT2D eigenvalue weighted by atomic mass is 9.59. The van der Waals surface area contributed by atoms with Gasteiger partial charge in [0.1, 0.15) is 0 Å². The lowest BCUT2D eigenvalue weighted by Crippen LogP contribution is -2.38. The van der Waals surface area contributed by atoms with Crippen molar-refractivity contribution in [1.82, 2.24) is 0 Å². The zero-order valence-electron chi connectivity index (χ0n) is 10.7. The van der Waals surface area contributed by atoms with Crippen molar-refractivity contribution < 1.29 is 4.79 Å². The molecule has 0 radical (unpaired) electrons. The molecule has 15 heavy (non-hydrogen) atoms. The molecule has 0 aliphatic heterocycles. The molecule has 0 aromatic rings. The first kappa shape index (κ1) is 12.5. The van der Waals surface area contributed by atoms with Gasteiger partial charge in [-0.15, -0.1) is 0 Å². The van der Waals surface area contributed by atoms with Crippen LogP contribution in [-0.2, 0) is 4.79 Å². The molecule has 0 aromatic heterocycles. The van der Waals surface area contributed by atoms with E-state index in [1.165, 1.54) is 12.8 Å². The van der Waals surface area contributed by atoms with Crippen LogP contribution in [0.1, 0.15) is 47.5 Å². The third kappa shape index (κ3) is 2.70. The van der Waals surface area contributed by atoms with Gasteiger partial charge in [-0.05, 0) is 49.0 Å². The Kier molecular flexibility index (Phi) is 3.75. The zero-order chi connectivity index (χ0) is 11.6. The summed E-state index contributed by atoms with van der Waals surface area (Å²) in [5, 5.41) is 0. The van der Waals surface area contributed by atoms with E-state index in [-0.39, 0.29) is 5.78 Å². The number of hydrogen-bond donors (Lipinski definition) is 0. The molecule has 0 spiro atoms. The minimum absolute atomic E-state index is 0.163. The standard InChI is InChI=1S/C14H24O/c1-10-6-7-11(2)14(4,5)13(10)9-8-12(3)15/h8-11,13H,6-7H2,1-5H3/b9-8+/t10-,11-,13+/m0/s1. The number of hydrogen-bond acceptors (Lipinski definition) is 1. The van der Waals surface area contributed by atoms with E-state index < -0.39 is 0 Å². The molecule has 1 rings (SSSR count). The lowest BCUT2D eigenvalue weighted by Gasteiger charge is -2.46. The number of ketones is 1. The summed E-state index contributed by atoms with van der Waals surface area (Å²) in [7, 11) is 0. The quantitative estimate of drug-likeness (QED) is 0.630. The summed E-state index contributed by atoms with van der Waals surface area (Å²) in [6.07, 6.45) is 6.50. The maximum absolute atomic E-state index is 11.0. The maximum atomic E-state index is 11.0. The highest BCUT2D eigenvalue weighted by molar-refractivity contribution is 5.87. The molecule has 86 valence electrons. The van der Waals surface area contributed by atoms with Crippen LogP contribution in [-0.4, -0.2) is 5.78 Å². The van der Waals surface area contributed by atoms with Crippen molar-refractivity contribution in [2.75, 3.05) is 0 Å². The molecule has 1 saturated carbocycles. The first-order valence-electron chi connectivity index (χ1n) is 6.04. The average Bonchev–Trinajstić information content (AvgIpc) is 2.11. The van der Waals surface area contributed by atoms with Gasteiger partial charge in [0.05, 0.1) is 0 Å². The van der Waals surface area contributed by atoms with E-state index in [9.17, 15) is 4.79 Å². The van der Waals surface area contributed by atoms with Gasteiger partial charge in [0, 0.05) is 0 Å². The number of carbonyl (C=O) groups is 1. The Bertz CT molecular complexity index is 263. The van der Waals surface area contributed by atoms with Crippen LogP contribution in [0, 0.1) is 23.2 Å². The van der Waals surface area contributed by atoms with Gasteiger partial charge >= 0.3 is 0 Å². The van der Waals surface area contributed by atoms with Crippen molar-refractivity contribution in [3.05, 3.63) is 12.2 Å². The smallest absolute Gasteiger partial charge is 0.152 e. The van der Waals surface area contributed by atoms with E-state index in [1.807, 2.05) is 0 Å². The van der Waals surface area contributed by atoms with Crippen LogP contribution < -0.4 is 0 Å². The Morgan fingerprint density at radius 1 is 1.27 bits per heavy atom. The molecule has 0 N–H and O–H groups in total. The molecule has 0 saturated heterocycles. The SMILES string of the molecule is CC(=O)/C=C/[C@@H]1[C@@H](C)CC[C@H](C)C1(C)C. The van der Waals surface area contributed by atoms with Gasteiger partial charge in [0.2, 0.25) is 0 Å². The van der Waals surface area contributed by atoms with Gasteiger partial charge in [-0.2, -0.15) is 0 Å². The Labute approximate surface area is 93.9 Å². The monoisotopic (exact) mass is 208 g/mol. The molecule has 1 heteroatoms. The second-order valence-corrected chi connectivity index (χ2v) is 5.77. The van der Waals surface area contributed by atoms with E-state index in [0.29, 0.717) is 17.3 Å². The second-order valence-electron chi connectivity index (χ2n) is 5.77. The minimum Gasteiger partial charge on any atom is -0.295 e. The van der Waals surface area contributed by atoms with Gasteiger partial charge in [-0.1, -0.05) is 33.8 Å². The van der Waals surface area contributed by atoms with Crippen molar-refractivity contribution in [2.24, 2.45) is 23.2 Å². The molecule has 0 unspecified atom stereocenters. The summed E-state index contributed by atoms with van der Waals surface area (Å²) in [6.45, 7) is 10.9. The largest absolute Gasteiger partial charge is 0.295 e. The van der Waals surface area contributed by atoms with E-state index in [4.69, 9.17) is 0 Å². The molecular weight excluding hydrogens is 184 g/mol. The normalized spacial score (nSPS) is 35.7. The fourth-order valence-corrected chi connectivity index (χ4v) is 2.80. The molecule has 1 aliphatic carbocycles. The molecular formula is C14H24O. The van der Waals surface area contributed by atoms with Crippen LogP contribution >= 0.6 is 0 Å². The minimum atomic E-state index is 0.163. The molecule has 1 nitrogen and oxygen atoms in total. The summed E-state index contributed by atoms with van der Waals surface area (Å²) in [4.78, 5) is 11.0. The van der Waals surface area contributed by atoms with Crippen molar-refractivity contribution >= 4 is 5.78 Å². The molecule has 1 aliphatic rings. The maximum Gasteiger partial charge on any atom is 0.152 e. The van der Waals surface area contributed by atoms with E-state index in [1.54, 1.807) is 13.0 Å². The summed E-state index contributed by atoms with van der Waals surface area (Å²) < 4.78 is 0. The summed E-state index contributed by atoms with van der Waals surface area (Å²) >= 11 is 0. The molecule has 3 atom stereocenters. The molecule has 0 amide bonds. The average molecular weight is 208 g/mol. The van der Waals surface area contributed by atoms with Crippen LogP contribution in [0.5, 0.6) is 0 Å². The Morgan fingerprint density at radius 2 is 1.87 bits per heavy atom. The topological polar surface area (TPSA) is 17.1 Å². The van der Waals surface area contributed by atoms with Crippen LogP contribution in [0.4, 0.5) is 0 Å². The van der Waals surface area contributed by atoms with E-state index in [2.05, 4.69) is 33.8 Å². The fourth-order valence-electron chi connectivity index (χ4n) is 2.80. The number of allylic oxidation sites excluding steroid dienone is 2. The third-order valence-electron chi connectivity index (χ3n) is 4.34. The summed E-state index contributed by atoms with van der Waals surface area (Å²) in [5.74, 6) is 2.16. The Morgan fingerprint density at radius 3 is 2.40 bits per heavy atom. The Hall–Kier alpha value is -0.590. The van der Waals surface area contributed by atoms with Crippen LogP contribution in [0.15, 0.2) is 12.2 Å². The highest BCUT2D eigenvalue weighted by atomic mass is 16.1. The van der Waals surface area contributed by atoms with Crippen molar-refractivity contribution in [3.63, 3.8) is 0 Å². The molecule has 0 heterocycles. The predicted molar refractivity (Wildman–Crippen MR) is 64.7 cm³/mol. The first-order valence-corrected chi connectivity index (χ1v) is 6.04.